The summed E-state index contributed by atoms with van der Waals surface area (Å²) in [5.74, 6) is -2.16. The van der Waals surface area contributed by atoms with Gasteiger partial charge >= 0.3 is 23.8 Å². The number of hydrogen-bond donors (Lipinski definition) is 0. The summed E-state index contributed by atoms with van der Waals surface area (Å²) in [5, 5.41) is 0. The molecule has 1 aliphatic heterocycles. The van der Waals surface area contributed by atoms with Gasteiger partial charge in [-0.3, -0.25) is 24.2 Å². The number of rotatable bonds is 8. The lowest BCUT2D eigenvalue weighted by atomic mass is 10.2. The van der Waals surface area contributed by atoms with Crippen molar-refractivity contribution in [3.05, 3.63) is 35.9 Å². The van der Waals surface area contributed by atoms with Crippen LogP contribution >= 0.6 is 0 Å². The van der Waals surface area contributed by atoms with E-state index >= 15 is 0 Å². The van der Waals surface area contributed by atoms with Crippen LogP contribution in [0, 0.1) is 5.92 Å². The zero-order valence-electron chi connectivity index (χ0n) is 15.2. The van der Waals surface area contributed by atoms with Crippen molar-refractivity contribution in [2.45, 2.75) is 20.4 Å². The van der Waals surface area contributed by atoms with Gasteiger partial charge < -0.3 is 4.74 Å². The molecule has 0 spiro atoms. The summed E-state index contributed by atoms with van der Waals surface area (Å²) in [7, 11) is 1.27. The molecule has 8 nitrogen and oxygen atoms in total. The van der Waals surface area contributed by atoms with E-state index in [1.165, 1.54) is 7.11 Å². The Balaban J connectivity index is 2.15. The second-order valence-electron chi connectivity index (χ2n) is 6.52. The Kier molecular flexibility index (Phi) is 6.46. The van der Waals surface area contributed by atoms with E-state index in [1.54, 1.807) is 4.90 Å². The van der Waals surface area contributed by atoms with Crippen molar-refractivity contribution in [2.24, 2.45) is 5.92 Å². The fourth-order valence-electron chi connectivity index (χ4n) is 2.65. The molecule has 0 unspecified atom stereocenters. The predicted molar refractivity (Wildman–Crippen MR) is 92.5 cm³/mol. The lowest BCUT2D eigenvalue weighted by Crippen LogP contribution is -2.44. The average Bonchev–Trinajstić information content (AvgIpc) is 2.80. The summed E-state index contributed by atoms with van der Waals surface area (Å²) < 4.78 is 4.69. The molecular formula is C18H23N3O5. The van der Waals surface area contributed by atoms with E-state index in [0.29, 0.717) is 6.54 Å². The SMILES string of the molecule is COC(=O)CN(Cc1ccccc1)CN1C(=O)C(=O)N(CC(C)C)C1=O. The van der Waals surface area contributed by atoms with Crippen molar-refractivity contribution in [2.75, 3.05) is 26.9 Å². The van der Waals surface area contributed by atoms with Crippen LogP contribution in [0.25, 0.3) is 0 Å². The van der Waals surface area contributed by atoms with Gasteiger partial charge in [0.05, 0.1) is 20.3 Å². The number of carbonyl (C=O) groups excluding carboxylic acids is 4. The molecule has 1 aromatic rings. The fourth-order valence-corrected chi connectivity index (χ4v) is 2.65. The molecule has 2 rings (SSSR count). The number of esters is 1. The third kappa shape index (κ3) is 4.66. The monoisotopic (exact) mass is 361 g/mol. The smallest absolute Gasteiger partial charge is 0.335 e. The van der Waals surface area contributed by atoms with Gasteiger partial charge in [-0.25, -0.2) is 9.69 Å². The molecule has 1 aliphatic rings. The lowest BCUT2D eigenvalue weighted by Gasteiger charge is -2.25. The van der Waals surface area contributed by atoms with Gasteiger partial charge in [0.2, 0.25) is 0 Å². The number of benzene rings is 1. The number of ether oxygens (including phenoxy) is 1. The summed E-state index contributed by atoms with van der Waals surface area (Å²) in [6.07, 6.45) is 0. The third-order valence-corrected chi connectivity index (χ3v) is 3.85. The van der Waals surface area contributed by atoms with Gasteiger partial charge in [-0.15, -0.1) is 0 Å². The number of nitrogens with zero attached hydrogens (tertiary/aromatic N) is 3. The van der Waals surface area contributed by atoms with E-state index in [-0.39, 0.29) is 25.7 Å². The van der Waals surface area contributed by atoms with Crippen molar-refractivity contribution in [3.8, 4) is 0 Å². The molecule has 0 aliphatic carbocycles. The quantitative estimate of drug-likeness (QED) is 0.391. The van der Waals surface area contributed by atoms with Crippen molar-refractivity contribution < 1.29 is 23.9 Å². The molecule has 0 bridgehead atoms. The molecule has 140 valence electrons. The van der Waals surface area contributed by atoms with Gasteiger partial charge in [0.1, 0.15) is 0 Å². The highest BCUT2D eigenvalue weighted by molar-refractivity contribution is 6.44. The zero-order chi connectivity index (χ0) is 19.3. The van der Waals surface area contributed by atoms with E-state index < -0.39 is 23.8 Å². The van der Waals surface area contributed by atoms with Gasteiger partial charge in [0.15, 0.2) is 0 Å². The first-order valence-corrected chi connectivity index (χ1v) is 8.34. The summed E-state index contributed by atoms with van der Waals surface area (Å²) >= 11 is 0. The summed E-state index contributed by atoms with van der Waals surface area (Å²) in [6.45, 7) is 3.93. The van der Waals surface area contributed by atoms with Crippen LogP contribution in [-0.4, -0.2) is 65.4 Å². The second kappa shape index (κ2) is 8.57. The standard InChI is InChI=1S/C18H23N3O5/c1-13(2)9-20-16(23)17(24)21(18(20)25)12-19(11-15(22)26-3)10-14-7-5-4-6-8-14/h4-8,13H,9-12H2,1-3H3. The molecule has 0 atom stereocenters. The van der Waals surface area contributed by atoms with Crippen molar-refractivity contribution in [3.63, 3.8) is 0 Å². The minimum absolute atomic E-state index is 0.0474. The Morgan fingerprint density at radius 2 is 1.69 bits per heavy atom. The molecule has 0 radical (unpaired) electrons. The molecule has 0 N–H and O–H groups in total. The Labute approximate surface area is 152 Å². The summed E-state index contributed by atoms with van der Waals surface area (Å²) in [4.78, 5) is 51.9. The maximum Gasteiger partial charge on any atom is 0.335 e. The van der Waals surface area contributed by atoms with E-state index in [0.717, 1.165) is 15.4 Å². The van der Waals surface area contributed by atoms with Crippen LogP contribution < -0.4 is 0 Å². The van der Waals surface area contributed by atoms with Gasteiger partial charge in [0.25, 0.3) is 0 Å². The molecule has 1 saturated heterocycles. The maximum atomic E-state index is 12.5. The Hall–Kier alpha value is -2.74. The first-order valence-electron chi connectivity index (χ1n) is 8.34. The third-order valence-electron chi connectivity index (χ3n) is 3.85. The van der Waals surface area contributed by atoms with Gasteiger partial charge in [-0.1, -0.05) is 44.2 Å². The van der Waals surface area contributed by atoms with Crippen molar-refractivity contribution >= 4 is 23.8 Å². The van der Waals surface area contributed by atoms with E-state index in [1.807, 2.05) is 44.2 Å². The van der Waals surface area contributed by atoms with Crippen molar-refractivity contribution in [1.29, 1.82) is 0 Å². The van der Waals surface area contributed by atoms with Crippen LogP contribution in [-0.2, 0) is 25.7 Å². The molecule has 0 aromatic heterocycles. The first kappa shape index (κ1) is 19.6. The minimum atomic E-state index is -0.876. The molecule has 26 heavy (non-hydrogen) atoms. The fraction of sp³-hybridized carbons (Fsp3) is 0.444. The largest absolute Gasteiger partial charge is 0.468 e. The van der Waals surface area contributed by atoms with E-state index in [9.17, 15) is 19.2 Å². The number of urea groups is 1. The van der Waals surface area contributed by atoms with Crippen molar-refractivity contribution in [1.82, 2.24) is 14.7 Å². The number of carbonyl (C=O) groups is 4. The Morgan fingerprint density at radius 3 is 2.27 bits per heavy atom. The molecule has 0 saturated carbocycles. The minimum Gasteiger partial charge on any atom is -0.468 e. The predicted octanol–water partition coefficient (Wildman–Crippen LogP) is 1.07. The summed E-state index contributed by atoms with van der Waals surface area (Å²) in [6, 6.07) is 8.65. The van der Waals surface area contributed by atoms with Crippen LogP contribution in [0.15, 0.2) is 30.3 Å². The maximum absolute atomic E-state index is 12.5. The Bertz CT molecular complexity index is 689. The van der Waals surface area contributed by atoms with Crippen LogP contribution in [0.4, 0.5) is 4.79 Å². The van der Waals surface area contributed by atoms with Crippen LogP contribution in [0.5, 0.6) is 0 Å². The molecular weight excluding hydrogens is 338 g/mol. The number of imide groups is 2. The topological polar surface area (TPSA) is 87.2 Å². The highest BCUT2D eigenvalue weighted by Crippen LogP contribution is 2.16. The average molecular weight is 361 g/mol. The molecule has 1 aromatic carbocycles. The molecule has 1 fully saturated rings. The number of methoxy groups -OCH3 is 1. The van der Waals surface area contributed by atoms with Gasteiger partial charge in [-0.2, -0.15) is 0 Å². The zero-order valence-corrected chi connectivity index (χ0v) is 15.2. The van der Waals surface area contributed by atoms with Crippen LogP contribution in [0.2, 0.25) is 0 Å². The van der Waals surface area contributed by atoms with Gasteiger partial charge in [-0.05, 0) is 11.5 Å². The number of hydrogen-bond acceptors (Lipinski definition) is 6. The van der Waals surface area contributed by atoms with E-state index in [4.69, 9.17) is 0 Å². The van der Waals surface area contributed by atoms with Crippen LogP contribution in [0.3, 0.4) is 0 Å². The van der Waals surface area contributed by atoms with E-state index in [2.05, 4.69) is 4.74 Å². The first-order chi connectivity index (χ1) is 12.3. The summed E-state index contributed by atoms with van der Waals surface area (Å²) in [5.41, 5.74) is 0.904. The number of amides is 4. The molecule has 4 amide bonds. The van der Waals surface area contributed by atoms with Crippen LogP contribution in [0.1, 0.15) is 19.4 Å². The second-order valence-corrected chi connectivity index (χ2v) is 6.52. The Morgan fingerprint density at radius 1 is 1.08 bits per heavy atom. The molecule has 1 heterocycles. The van der Waals surface area contributed by atoms with Gasteiger partial charge in [0, 0.05) is 13.1 Å². The normalized spacial score (nSPS) is 14.7. The highest BCUT2D eigenvalue weighted by Gasteiger charge is 2.45. The molecule has 8 heteroatoms. The lowest BCUT2D eigenvalue weighted by molar-refractivity contribution is -0.145. The highest BCUT2D eigenvalue weighted by atomic mass is 16.5.